The predicted octanol–water partition coefficient (Wildman–Crippen LogP) is 3.90. The number of hydrogen-bond donors (Lipinski definition) is 2. The summed E-state index contributed by atoms with van der Waals surface area (Å²) in [4.78, 5) is 11.9. The Kier molecular flexibility index (Phi) is 5.72. The van der Waals surface area contributed by atoms with Crippen LogP contribution < -0.4 is 10.6 Å². The molecule has 1 saturated carbocycles. The molecule has 0 aromatic heterocycles. The molecule has 0 radical (unpaired) electrons. The smallest absolute Gasteiger partial charge is 0.221 e. The number of nitrogens with one attached hydrogen (secondary N) is 2. The molecule has 3 nitrogen and oxygen atoms in total. The van der Waals surface area contributed by atoms with Crippen molar-refractivity contribution in [1.82, 2.24) is 5.32 Å². The molecule has 0 aliphatic heterocycles. The lowest BCUT2D eigenvalue weighted by molar-refractivity contribution is -0.121. The minimum Gasteiger partial charge on any atom is -0.384 e. The van der Waals surface area contributed by atoms with Gasteiger partial charge >= 0.3 is 0 Å². The molecule has 20 heavy (non-hydrogen) atoms. The van der Waals surface area contributed by atoms with E-state index in [4.69, 9.17) is 11.6 Å². The first-order valence-electron chi connectivity index (χ1n) is 7.45. The van der Waals surface area contributed by atoms with Gasteiger partial charge in [0.25, 0.3) is 0 Å². The van der Waals surface area contributed by atoms with Crippen molar-refractivity contribution >= 4 is 23.2 Å². The summed E-state index contributed by atoms with van der Waals surface area (Å²) in [6.45, 7) is 2.62. The Balaban J connectivity index is 1.72. The van der Waals surface area contributed by atoms with Crippen molar-refractivity contribution in [2.24, 2.45) is 0 Å². The van der Waals surface area contributed by atoms with E-state index in [2.05, 4.69) is 10.6 Å². The molecule has 0 atom stereocenters. The van der Waals surface area contributed by atoms with E-state index in [9.17, 15) is 4.79 Å². The van der Waals surface area contributed by atoms with Gasteiger partial charge in [-0.05, 0) is 37.5 Å². The second-order valence-electron chi connectivity index (χ2n) is 5.49. The summed E-state index contributed by atoms with van der Waals surface area (Å²) in [6, 6.07) is 6.17. The van der Waals surface area contributed by atoms with Crippen molar-refractivity contribution in [3.8, 4) is 0 Å². The van der Waals surface area contributed by atoms with E-state index in [1.807, 2.05) is 25.1 Å². The van der Waals surface area contributed by atoms with Gasteiger partial charge in [0.2, 0.25) is 5.91 Å². The molecule has 0 unspecified atom stereocenters. The highest BCUT2D eigenvalue weighted by Crippen LogP contribution is 2.22. The second kappa shape index (κ2) is 7.53. The van der Waals surface area contributed by atoms with Gasteiger partial charge in [0.1, 0.15) is 0 Å². The molecule has 2 N–H and O–H groups in total. The summed E-state index contributed by atoms with van der Waals surface area (Å²) in [5.74, 6) is 0.143. The molecule has 110 valence electrons. The zero-order chi connectivity index (χ0) is 14.4. The number of halogens is 1. The average Bonchev–Trinajstić information content (AvgIpc) is 2.44. The minimum absolute atomic E-state index is 0.143. The molecule has 1 aromatic carbocycles. The van der Waals surface area contributed by atoms with Crippen LogP contribution in [0.25, 0.3) is 0 Å². The Morgan fingerprint density at radius 1 is 1.30 bits per heavy atom. The lowest BCUT2D eigenvalue weighted by Gasteiger charge is -2.22. The van der Waals surface area contributed by atoms with Gasteiger partial charge in [0.05, 0.1) is 0 Å². The van der Waals surface area contributed by atoms with Crippen molar-refractivity contribution < 1.29 is 4.79 Å². The summed E-state index contributed by atoms with van der Waals surface area (Å²) in [7, 11) is 0. The van der Waals surface area contributed by atoms with Gasteiger partial charge in [-0.2, -0.15) is 0 Å². The van der Waals surface area contributed by atoms with Gasteiger partial charge in [0.15, 0.2) is 0 Å². The van der Waals surface area contributed by atoms with E-state index in [1.165, 1.54) is 19.3 Å². The standard InChI is InChI=1S/C16H23ClN2O/c1-12-14(17)8-5-9-15(12)18-11-10-16(20)19-13-6-3-2-4-7-13/h5,8-9,13,18H,2-4,6-7,10-11H2,1H3,(H,19,20). The molecule has 1 aliphatic rings. The van der Waals surface area contributed by atoms with Crippen molar-refractivity contribution in [3.05, 3.63) is 28.8 Å². The number of carbonyl (C=O) groups is 1. The van der Waals surface area contributed by atoms with Crippen LogP contribution in [0.4, 0.5) is 5.69 Å². The third-order valence-corrected chi connectivity index (χ3v) is 4.31. The normalized spacial score (nSPS) is 15.9. The quantitative estimate of drug-likeness (QED) is 0.865. The molecule has 1 aromatic rings. The van der Waals surface area contributed by atoms with Crippen LogP contribution in [0, 0.1) is 6.92 Å². The number of anilines is 1. The lowest BCUT2D eigenvalue weighted by Crippen LogP contribution is -2.36. The van der Waals surface area contributed by atoms with Crippen LogP contribution in [0.15, 0.2) is 18.2 Å². The highest BCUT2D eigenvalue weighted by molar-refractivity contribution is 6.31. The summed E-state index contributed by atoms with van der Waals surface area (Å²) >= 11 is 6.06. The van der Waals surface area contributed by atoms with Crippen molar-refractivity contribution in [1.29, 1.82) is 0 Å². The third-order valence-electron chi connectivity index (χ3n) is 3.91. The van der Waals surface area contributed by atoms with E-state index in [-0.39, 0.29) is 5.91 Å². The molecule has 1 amide bonds. The predicted molar refractivity (Wildman–Crippen MR) is 84.3 cm³/mol. The van der Waals surface area contributed by atoms with Crippen LogP contribution >= 0.6 is 11.6 Å². The van der Waals surface area contributed by atoms with Gasteiger partial charge in [-0.3, -0.25) is 4.79 Å². The molecule has 0 saturated heterocycles. The van der Waals surface area contributed by atoms with E-state index in [1.54, 1.807) is 0 Å². The highest BCUT2D eigenvalue weighted by atomic mass is 35.5. The maximum Gasteiger partial charge on any atom is 0.221 e. The average molecular weight is 295 g/mol. The molecular weight excluding hydrogens is 272 g/mol. The Morgan fingerprint density at radius 2 is 2.05 bits per heavy atom. The number of amides is 1. The van der Waals surface area contributed by atoms with E-state index in [0.29, 0.717) is 19.0 Å². The summed E-state index contributed by atoms with van der Waals surface area (Å²) < 4.78 is 0. The minimum atomic E-state index is 0.143. The van der Waals surface area contributed by atoms with Gasteiger partial charge < -0.3 is 10.6 Å². The lowest BCUT2D eigenvalue weighted by atomic mass is 9.95. The van der Waals surface area contributed by atoms with Crippen LogP contribution in [0.3, 0.4) is 0 Å². The van der Waals surface area contributed by atoms with Crippen LogP contribution in [-0.4, -0.2) is 18.5 Å². The number of benzene rings is 1. The van der Waals surface area contributed by atoms with Crippen LogP contribution in [0.1, 0.15) is 44.1 Å². The number of rotatable bonds is 5. The third kappa shape index (κ3) is 4.41. The maximum atomic E-state index is 11.9. The van der Waals surface area contributed by atoms with Gasteiger partial charge in [-0.1, -0.05) is 36.9 Å². The molecule has 0 spiro atoms. The van der Waals surface area contributed by atoms with Crippen molar-refractivity contribution in [3.63, 3.8) is 0 Å². The summed E-state index contributed by atoms with van der Waals surface area (Å²) in [6.07, 6.45) is 6.55. The molecule has 0 heterocycles. The van der Waals surface area contributed by atoms with Crippen LogP contribution in [-0.2, 0) is 4.79 Å². The first kappa shape index (κ1) is 15.2. The Hall–Kier alpha value is -1.22. The zero-order valence-electron chi connectivity index (χ0n) is 12.0. The van der Waals surface area contributed by atoms with Crippen LogP contribution in [0.5, 0.6) is 0 Å². The van der Waals surface area contributed by atoms with Crippen LogP contribution in [0.2, 0.25) is 5.02 Å². The Bertz CT molecular complexity index is 456. The van der Waals surface area contributed by atoms with Gasteiger partial charge in [0, 0.05) is 29.7 Å². The molecule has 2 rings (SSSR count). The highest BCUT2D eigenvalue weighted by Gasteiger charge is 2.15. The summed E-state index contributed by atoms with van der Waals surface area (Å²) in [5.41, 5.74) is 2.03. The zero-order valence-corrected chi connectivity index (χ0v) is 12.8. The Labute approximate surface area is 126 Å². The van der Waals surface area contributed by atoms with E-state index in [0.717, 1.165) is 29.1 Å². The Morgan fingerprint density at radius 3 is 2.80 bits per heavy atom. The van der Waals surface area contributed by atoms with Crippen molar-refractivity contribution in [2.75, 3.05) is 11.9 Å². The van der Waals surface area contributed by atoms with Crippen molar-refractivity contribution in [2.45, 2.75) is 51.5 Å². The van der Waals surface area contributed by atoms with E-state index < -0.39 is 0 Å². The largest absolute Gasteiger partial charge is 0.384 e. The maximum absolute atomic E-state index is 11.9. The first-order valence-corrected chi connectivity index (χ1v) is 7.83. The molecule has 0 bridgehead atoms. The number of hydrogen-bond acceptors (Lipinski definition) is 2. The molecule has 4 heteroatoms. The first-order chi connectivity index (χ1) is 9.66. The molecule has 1 aliphatic carbocycles. The molecule has 1 fully saturated rings. The second-order valence-corrected chi connectivity index (χ2v) is 5.90. The van der Waals surface area contributed by atoms with E-state index >= 15 is 0 Å². The fourth-order valence-electron chi connectivity index (χ4n) is 2.66. The number of carbonyl (C=O) groups excluding carboxylic acids is 1. The monoisotopic (exact) mass is 294 g/mol. The van der Waals surface area contributed by atoms with Gasteiger partial charge in [-0.25, -0.2) is 0 Å². The fourth-order valence-corrected chi connectivity index (χ4v) is 2.83. The van der Waals surface area contributed by atoms with Gasteiger partial charge in [-0.15, -0.1) is 0 Å². The SMILES string of the molecule is Cc1c(Cl)cccc1NCCC(=O)NC1CCCCC1. The molecular formula is C16H23ClN2O. The summed E-state index contributed by atoms with van der Waals surface area (Å²) in [5, 5.41) is 7.15. The fraction of sp³-hybridized carbons (Fsp3) is 0.562. The topological polar surface area (TPSA) is 41.1 Å².